The van der Waals surface area contributed by atoms with Gasteiger partial charge in [0.2, 0.25) is 0 Å². The molecular formula is C48H31N3O. The summed E-state index contributed by atoms with van der Waals surface area (Å²) >= 11 is 0. The topological polar surface area (TPSA) is 26.2 Å². The molecule has 3 aromatic heterocycles. The Bertz CT molecular complexity index is 3080. The number of para-hydroxylation sites is 5. The van der Waals surface area contributed by atoms with E-state index in [-0.39, 0.29) is 0 Å². The van der Waals surface area contributed by atoms with Crippen molar-refractivity contribution in [2.45, 2.75) is 0 Å². The Morgan fingerprint density at radius 1 is 0.346 bits per heavy atom. The van der Waals surface area contributed by atoms with E-state index < -0.39 is 0 Å². The number of fused-ring (bicyclic) bond motifs is 9. The van der Waals surface area contributed by atoms with Gasteiger partial charge in [-0.25, -0.2) is 0 Å². The van der Waals surface area contributed by atoms with Gasteiger partial charge in [0.15, 0.2) is 0 Å². The van der Waals surface area contributed by atoms with Gasteiger partial charge in [-0.2, -0.15) is 0 Å². The van der Waals surface area contributed by atoms with Crippen molar-refractivity contribution in [2.75, 3.05) is 4.90 Å². The molecule has 11 rings (SSSR count). The van der Waals surface area contributed by atoms with Crippen LogP contribution >= 0.6 is 0 Å². The van der Waals surface area contributed by atoms with Crippen molar-refractivity contribution in [1.82, 2.24) is 9.13 Å². The second-order valence-corrected chi connectivity index (χ2v) is 13.4. The zero-order valence-corrected chi connectivity index (χ0v) is 28.1. The maximum absolute atomic E-state index is 6.20. The Balaban J connectivity index is 1.12. The van der Waals surface area contributed by atoms with Gasteiger partial charge in [0, 0.05) is 55.1 Å². The van der Waals surface area contributed by atoms with Crippen molar-refractivity contribution >= 4 is 82.6 Å². The molecule has 52 heavy (non-hydrogen) atoms. The molecular weight excluding hydrogens is 635 g/mol. The Labute approximate surface area is 299 Å². The standard InChI is InChI=1S/C48H31N3O/c1-2-13-32(14-3-1)49(33-25-27-34(28-26-33)50-41-19-8-4-15-36(41)37-16-5-9-20-42(37)50)44-22-12-23-45-48(44)39-18-6-10-21-43(39)51(45)35-29-30-47-40(31-35)38-17-7-11-24-46(38)52-47/h1-31H. The lowest BCUT2D eigenvalue weighted by atomic mass is 10.1. The quantitative estimate of drug-likeness (QED) is 0.183. The van der Waals surface area contributed by atoms with E-state index in [4.69, 9.17) is 4.42 Å². The van der Waals surface area contributed by atoms with E-state index in [0.717, 1.165) is 61.4 Å². The third kappa shape index (κ3) is 4.21. The smallest absolute Gasteiger partial charge is 0.135 e. The lowest BCUT2D eigenvalue weighted by Crippen LogP contribution is -2.10. The average molecular weight is 666 g/mol. The summed E-state index contributed by atoms with van der Waals surface area (Å²) in [6.45, 7) is 0. The number of hydrogen-bond acceptors (Lipinski definition) is 2. The van der Waals surface area contributed by atoms with Gasteiger partial charge < -0.3 is 18.5 Å². The molecule has 0 saturated heterocycles. The zero-order chi connectivity index (χ0) is 34.2. The van der Waals surface area contributed by atoms with Crippen LogP contribution in [0.4, 0.5) is 17.1 Å². The lowest BCUT2D eigenvalue weighted by Gasteiger charge is -2.27. The molecule has 0 saturated carbocycles. The molecule has 0 aliphatic carbocycles. The Morgan fingerprint density at radius 2 is 0.865 bits per heavy atom. The van der Waals surface area contributed by atoms with E-state index in [2.05, 4.69) is 190 Å². The molecule has 0 aliphatic heterocycles. The van der Waals surface area contributed by atoms with Crippen LogP contribution in [-0.4, -0.2) is 9.13 Å². The van der Waals surface area contributed by atoms with Crippen molar-refractivity contribution in [1.29, 1.82) is 0 Å². The summed E-state index contributed by atoms with van der Waals surface area (Å²) in [5.41, 5.74) is 12.1. The molecule has 0 spiro atoms. The fourth-order valence-corrected chi connectivity index (χ4v) is 8.27. The van der Waals surface area contributed by atoms with Crippen molar-refractivity contribution in [3.63, 3.8) is 0 Å². The lowest BCUT2D eigenvalue weighted by molar-refractivity contribution is 0.669. The highest BCUT2D eigenvalue weighted by Crippen LogP contribution is 2.44. The van der Waals surface area contributed by atoms with Crippen molar-refractivity contribution in [2.24, 2.45) is 0 Å². The average Bonchev–Trinajstić information content (AvgIpc) is 3.87. The first-order valence-corrected chi connectivity index (χ1v) is 17.7. The van der Waals surface area contributed by atoms with Crippen LogP contribution in [0.2, 0.25) is 0 Å². The minimum atomic E-state index is 0.894. The molecule has 244 valence electrons. The predicted octanol–water partition coefficient (Wildman–Crippen LogP) is 13.2. The number of anilines is 3. The van der Waals surface area contributed by atoms with Crippen LogP contribution in [0, 0.1) is 0 Å². The molecule has 0 bridgehead atoms. The highest BCUT2D eigenvalue weighted by atomic mass is 16.3. The summed E-state index contributed by atoms with van der Waals surface area (Å²) in [4.78, 5) is 2.39. The van der Waals surface area contributed by atoms with Crippen LogP contribution in [0.25, 0.3) is 76.9 Å². The molecule has 0 radical (unpaired) electrons. The normalized spacial score (nSPS) is 11.8. The zero-order valence-electron chi connectivity index (χ0n) is 28.1. The first-order chi connectivity index (χ1) is 25.8. The SMILES string of the molecule is c1ccc(N(c2ccc(-n3c4ccccc4c4ccccc43)cc2)c2cccc3c2c2ccccc2n3-c2ccc3oc4ccccc4c3c2)cc1. The second-order valence-electron chi connectivity index (χ2n) is 13.4. The fraction of sp³-hybridized carbons (Fsp3) is 0. The summed E-state index contributed by atoms with van der Waals surface area (Å²) in [6.07, 6.45) is 0. The van der Waals surface area contributed by atoms with Gasteiger partial charge >= 0.3 is 0 Å². The van der Waals surface area contributed by atoms with Crippen LogP contribution in [0.15, 0.2) is 192 Å². The molecule has 0 fully saturated rings. The van der Waals surface area contributed by atoms with E-state index >= 15 is 0 Å². The van der Waals surface area contributed by atoms with Gasteiger partial charge in [-0.05, 0) is 91.0 Å². The third-order valence-corrected chi connectivity index (χ3v) is 10.5. The summed E-state index contributed by atoms with van der Waals surface area (Å²) in [5.74, 6) is 0. The van der Waals surface area contributed by atoms with Crippen LogP contribution in [-0.2, 0) is 0 Å². The number of hydrogen-bond donors (Lipinski definition) is 0. The summed E-state index contributed by atoms with van der Waals surface area (Å²) < 4.78 is 11.0. The molecule has 4 nitrogen and oxygen atoms in total. The van der Waals surface area contributed by atoms with Gasteiger partial charge in [-0.15, -0.1) is 0 Å². The molecule has 0 unspecified atom stereocenters. The molecule has 0 N–H and O–H groups in total. The van der Waals surface area contributed by atoms with Gasteiger partial charge in [0.05, 0.1) is 27.8 Å². The van der Waals surface area contributed by atoms with Crippen molar-refractivity contribution in [3.05, 3.63) is 188 Å². The molecule has 4 heteroatoms. The van der Waals surface area contributed by atoms with Gasteiger partial charge in [0.25, 0.3) is 0 Å². The Hall–Kier alpha value is -7.04. The summed E-state index contributed by atoms with van der Waals surface area (Å²) in [7, 11) is 0. The van der Waals surface area contributed by atoms with Gasteiger partial charge in [-0.3, -0.25) is 0 Å². The number of furan rings is 1. The maximum atomic E-state index is 6.20. The highest BCUT2D eigenvalue weighted by molar-refractivity contribution is 6.17. The number of aromatic nitrogens is 2. The van der Waals surface area contributed by atoms with E-state index in [1.165, 1.54) is 32.6 Å². The third-order valence-electron chi connectivity index (χ3n) is 10.5. The van der Waals surface area contributed by atoms with Gasteiger partial charge in [-0.1, -0.05) is 97.1 Å². The molecule has 3 heterocycles. The Kier molecular flexibility index (Phi) is 6.22. The minimum Gasteiger partial charge on any atom is -0.456 e. The van der Waals surface area contributed by atoms with Crippen molar-refractivity contribution in [3.8, 4) is 11.4 Å². The van der Waals surface area contributed by atoms with E-state index in [0.29, 0.717) is 0 Å². The van der Waals surface area contributed by atoms with Crippen molar-refractivity contribution < 1.29 is 4.42 Å². The molecule has 0 aliphatic rings. The van der Waals surface area contributed by atoms with E-state index in [1.807, 2.05) is 12.1 Å². The minimum absolute atomic E-state index is 0.894. The molecule has 8 aromatic carbocycles. The van der Waals surface area contributed by atoms with Crippen LogP contribution in [0.5, 0.6) is 0 Å². The van der Waals surface area contributed by atoms with Crippen LogP contribution < -0.4 is 4.90 Å². The van der Waals surface area contributed by atoms with Gasteiger partial charge in [0.1, 0.15) is 11.2 Å². The Morgan fingerprint density at radius 3 is 1.60 bits per heavy atom. The first-order valence-electron chi connectivity index (χ1n) is 17.7. The van der Waals surface area contributed by atoms with Crippen LogP contribution in [0.1, 0.15) is 0 Å². The number of benzene rings is 8. The first kappa shape index (κ1) is 28.8. The molecule has 0 amide bonds. The number of nitrogens with zero attached hydrogens (tertiary/aromatic N) is 3. The van der Waals surface area contributed by atoms with E-state index in [1.54, 1.807) is 0 Å². The van der Waals surface area contributed by atoms with Crippen LogP contribution in [0.3, 0.4) is 0 Å². The maximum Gasteiger partial charge on any atom is 0.135 e. The highest BCUT2D eigenvalue weighted by Gasteiger charge is 2.22. The summed E-state index contributed by atoms with van der Waals surface area (Å²) in [5, 5.41) is 7.16. The monoisotopic (exact) mass is 665 g/mol. The largest absolute Gasteiger partial charge is 0.456 e. The van der Waals surface area contributed by atoms with E-state index in [9.17, 15) is 0 Å². The predicted molar refractivity (Wildman–Crippen MR) is 217 cm³/mol. The fourth-order valence-electron chi connectivity index (χ4n) is 8.27. The molecule has 11 aromatic rings. The number of rotatable bonds is 5. The second kappa shape index (κ2) is 11.2. The molecule has 0 atom stereocenters. The summed E-state index contributed by atoms with van der Waals surface area (Å²) in [6, 6.07) is 67.3.